The quantitative estimate of drug-likeness (QED) is 0.812. The van der Waals surface area contributed by atoms with Gasteiger partial charge in [-0.2, -0.15) is 0 Å². The van der Waals surface area contributed by atoms with Crippen LogP contribution in [-0.2, 0) is 0 Å². The van der Waals surface area contributed by atoms with Crippen molar-refractivity contribution in [3.05, 3.63) is 27.2 Å². The van der Waals surface area contributed by atoms with Crippen molar-refractivity contribution < 1.29 is 0 Å². The van der Waals surface area contributed by atoms with Crippen molar-refractivity contribution in [3.63, 3.8) is 0 Å². The number of thiazole rings is 1. The second kappa shape index (κ2) is 5.11. The highest BCUT2D eigenvalue weighted by Crippen LogP contribution is 2.34. The molecule has 1 aliphatic carbocycles. The molecule has 1 aliphatic rings. The first-order valence-corrected chi connectivity index (χ1v) is 6.84. The zero-order valence-corrected chi connectivity index (χ0v) is 11.2. The zero-order chi connectivity index (χ0) is 11.5. The van der Waals surface area contributed by atoms with E-state index in [0.717, 1.165) is 0 Å². The molecular formula is C13H20N2S. The number of nitrogens with one attached hydrogen (secondary N) is 1. The van der Waals surface area contributed by atoms with Gasteiger partial charge in [-0.05, 0) is 46.6 Å². The molecule has 0 radical (unpaired) electrons. The van der Waals surface area contributed by atoms with Crippen LogP contribution in [0, 0.1) is 13.8 Å². The van der Waals surface area contributed by atoms with Crippen LogP contribution in [0.5, 0.6) is 0 Å². The number of likely N-dealkylation sites (N-methyl/N-ethyl adjacent to an activating group) is 1. The molecule has 1 N–H and O–H groups in total. The van der Waals surface area contributed by atoms with Crippen molar-refractivity contribution in [3.8, 4) is 0 Å². The molecule has 2 nitrogen and oxygen atoms in total. The van der Waals surface area contributed by atoms with Gasteiger partial charge < -0.3 is 5.32 Å². The molecule has 0 aromatic carbocycles. The van der Waals surface area contributed by atoms with Crippen molar-refractivity contribution in [2.75, 3.05) is 7.05 Å². The van der Waals surface area contributed by atoms with Crippen LogP contribution >= 0.6 is 11.3 Å². The van der Waals surface area contributed by atoms with Crippen LogP contribution in [0.4, 0.5) is 0 Å². The minimum Gasteiger partial charge on any atom is -0.309 e. The van der Waals surface area contributed by atoms with Crippen LogP contribution < -0.4 is 5.32 Å². The molecule has 2 rings (SSSR count). The summed E-state index contributed by atoms with van der Waals surface area (Å²) in [4.78, 5) is 5.92. The molecule has 0 fully saturated rings. The van der Waals surface area contributed by atoms with Gasteiger partial charge in [0, 0.05) is 4.88 Å². The van der Waals surface area contributed by atoms with Gasteiger partial charge in [-0.25, -0.2) is 4.98 Å². The van der Waals surface area contributed by atoms with Gasteiger partial charge in [0.05, 0.1) is 16.7 Å². The summed E-state index contributed by atoms with van der Waals surface area (Å²) >= 11 is 1.83. The highest BCUT2D eigenvalue weighted by Gasteiger charge is 2.20. The lowest BCUT2D eigenvalue weighted by molar-refractivity contribution is 0.596. The van der Waals surface area contributed by atoms with E-state index in [-0.39, 0.29) is 0 Å². The van der Waals surface area contributed by atoms with E-state index in [1.54, 1.807) is 5.57 Å². The Balaban J connectivity index is 2.28. The number of rotatable bonds is 3. The summed E-state index contributed by atoms with van der Waals surface area (Å²) in [5, 5.41) is 4.61. The van der Waals surface area contributed by atoms with Gasteiger partial charge in [0.2, 0.25) is 0 Å². The maximum Gasteiger partial charge on any atom is 0.0900 e. The van der Waals surface area contributed by atoms with Gasteiger partial charge in [-0.3, -0.25) is 0 Å². The number of allylic oxidation sites excluding steroid dienone is 1. The van der Waals surface area contributed by atoms with Crippen molar-refractivity contribution in [2.45, 2.75) is 45.6 Å². The van der Waals surface area contributed by atoms with E-state index < -0.39 is 0 Å². The molecule has 0 spiro atoms. The predicted molar refractivity (Wildman–Crippen MR) is 69.9 cm³/mol. The number of hydrogen-bond acceptors (Lipinski definition) is 3. The Morgan fingerprint density at radius 3 is 2.69 bits per heavy atom. The molecule has 88 valence electrons. The van der Waals surface area contributed by atoms with E-state index in [1.807, 2.05) is 11.3 Å². The number of nitrogens with zero attached hydrogens (tertiary/aromatic N) is 1. The zero-order valence-electron chi connectivity index (χ0n) is 10.3. The van der Waals surface area contributed by atoms with Crippen LogP contribution in [0.2, 0.25) is 0 Å². The topological polar surface area (TPSA) is 24.9 Å². The molecule has 0 amide bonds. The van der Waals surface area contributed by atoms with Gasteiger partial charge in [-0.15, -0.1) is 11.3 Å². The lowest BCUT2D eigenvalue weighted by Crippen LogP contribution is -2.19. The summed E-state index contributed by atoms with van der Waals surface area (Å²) in [6, 6.07) is 0.395. The summed E-state index contributed by atoms with van der Waals surface area (Å²) in [5.41, 5.74) is 2.74. The maximum absolute atomic E-state index is 4.53. The number of aryl methyl sites for hydroxylation is 2. The average Bonchev–Trinajstić information content (AvgIpc) is 2.61. The highest BCUT2D eigenvalue weighted by molar-refractivity contribution is 7.11. The Hall–Kier alpha value is -0.670. The standard InChI is InChI=1S/C13H20N2S/c1-9-13(16-10(2)15-9)12(14-3)11-7-5-4-6-8-11/h7,12,14H,4-6,8H2,1-3H3. The third-order valence-electron chi connectivity index (χ3n) is 3.19. The smallest absolute Gasteiger partial charge is 0.0900 e. The molecule has 1 aromatic rings. The normalized spacial score (nSPS) is 18.3. The first-order chi connectivity index (χ1) is 7.72. The van der Waals surface area contributed by atoms with Crippen molar-refractivity contribution in [2.24, 2.45) is 0 Å². The number of aromatic nitrogens is 1. The van der Waals surface area contributed by atoms with Crippen LogP contribution in [0.1, 0.15) is 47.3 Å². The van der Waals surface area contributed by atoms with Gasteiger partial charge in [-0.1, -0.05) is 11.6 Å². The first kappa shape index (κ1) is 11.8. The summed E-state index contributed by atoms with van der Waals surface area (Å²) in [6.07, 6.45) is 7.58. The van der Waals surface area contributed by atoms with Gasteiger partial charge in [0.25, 0.3) is 0 Å². The lowest BCUT2D eigenvalue weighted by atomic mass is 9.93. The minimum absolute atomic E-state index is 0.395. The molecule has 0 saturated carbocycles. The second-order valence-corrected chi connectivity index (χ2v) is 5.66. The molecule has 16 heavy (non-hydrogen) atoms. The van der Waals surface area contributed by atoms with E-state index >= 15 is 0 Å². The Labute approximate surface area is 102 Å². The predicted octanol–water partition coefficient (Wildman–Crippen LogP) is 3.52. The maximum atomic E-state index is 4.53. The van der Waals surface area contributed by atoms with Gasteiger partial charge in [0.1, 0.15) is 0 Å². The molecule has 1 unspecified atom stereocenters. The SMILES string of the molecule is CNC(C1=CCCCC1)c1sc(C)nc1C. The van der Waals surface area contributed by atoms with E-state index in [0.29, 0.717) is 6.04 Å². The van der Waals surface area contributed by atoms with Crippen LogP contribution in [-0.4, -0.2) is 12.0 Å². The fourth-order valence-corrected chi connectivity index (χ4v) is 3.51. The van der Waals surface area contributed by atoms with E-state index in [9.17, 15) is 0 Å². The average molecular weight is 236 g/mol. The molecule has 0 aliphatic heterocycles. The molecule has 1 atom stereocenters. The summed E-state index contributed by atoms with van der Waals surface area (Å²) in [5.74, 6) is 0. The summed E-state index contributed by atoms with van der Waals surface area (Å²) < 4.78 is 0. The Kier molecular flexibility index (Phi) is 3.77. The molecule has 1 heterocycles. The van der Waals surface area contributed by atoms with Gasteiger partial charge >= 0.3 is 0 Å². The highest BCUT2D eigenvalue weighted by atomic mass is 32.1. The fraction of sp³-hybridized carbons (Fsp3) is 0.615. The summed E-state index contributed by atoms with van der Waals surface area (Å²) in [6.45, 7) is 4.20. The molecule has 3 heteroatoms. The fourth-order valence-electron chi connectivity index (χ4n) is 2.42. The molecular weight excluding hydrogens is 216 g/mol. The Bertz CT molecular complexity index is 393. The summed E-state index contributed by atoms with van der Waals surface area (Å²) in [7, 11) is 2.05. The monoisotopic (exact) mass is 236 g/mol. The first-order valence-electron chi connectivity index (χ1n) is 6.02. The number of hydrogen-bond donors (Lipinski definition) is 1. The third-order valence-corrected chi connectivity index (χ3v) is 4.32. The Morgan fingerprint density at radius 1 is 1.38 bits per heavy atom. The van der Waals surface area contributed by atoms with Crippen molar-refractivity contribution in [1.29, 1.82) is 0 Å². The second-order valence-electron chi connectivity index (χ2n) is 4.43. The van der Waals surface area contributed by atoms with Crippen molar-refractivity contribution in [1.82, 2.24) is 10.3 Å². The molecule has 0 saturated heterocycles. The Morgan fingerprint density at radius 2 is 2.19 bits per heavy atom. The van der Waals surface area contributed by atoms with E-state index in [1.165, 1.54) is 41.3 Å². The van der Waals surface area contributed by atoms with Crippen molar-refractivity contribution >= 4 is 11.3 Å². The molecule has 1 aromatic heterocycles. The van der Waals surface area contributed by atoms with Crippen LogP contribution in [0.25, 0.3) is 0 Å². The minimum atomic E-state index is 0.395. The molecule has 0 bridgehead atoms. The van der Waals surface area contributed by atoms with E-state index in [2.05, 4.69) is 37.3 Å². The third kappa shape index (κ3) is 2.36. The van der Waals surface area contributed by atoms with E-state index in [4.69, 9.17) is 0 Å². The van der Waals surface area contributed by atoms with Gasteiger partial charge in [0.15, 0.2) is 0 Å². The van der Waals surface area contributed by atoms with Crippen LogP contribution in [0.15, 0.2) is 11.6 Å². The lowest BCUT2D eigenvalue weighted by Gasteiger charge is -2.22. The van der Waals surface area contributed by atoms with Crippen LogP contribution in [0.3, 0.4) is 0 Å². The largest absolute Gasteiger partial charge is 0.309 e.